The van der Waals surface area contributed by atoms with E-state index in [0.717, 1.165) is 62.2 Å². The predicted molar refractivity (Wildman–Crippen MR) is 103 cm³/mol. The second kappa shape index (κ2) is 6.28. The summed E-state index contributed by atoms with van der Waals surface area (Å²) in [5, 5.41) is 3.39. The normalized spacial score (nSPS) is 21.1. The quantitative estimate of drug-likeness (QED) is 0.779. The highest BCUT2D eigenvalue weighted by atomic mass is 16.5. The van der Waals surface area contributed by atoms with E-state index in [1.165, 1.54) is 5.56 Å². The number of hydrogen-bond donors (Lipinski definition) is 2. The van der Waals surface area contributed by atoms with Crippen LogP contribution in [0, 0.1) is 0 Å². The van der Waals surface area contributed by atoms with Crippen molar-refractivity contribution in [2.75, 3.05) is 61.5 Å². The van der Waals surface area contributed by atoms with Gasteiger partial charge in [0.1, 0.15) is 5.82 Å². The van der Waals surface area contributed by atoms with Gasteiger partial charge in [0.15, 0.2) is 0 Å². The van der Waals surface area contributed by atoms with Crippen LogP contribution in [-0.4, -0.2) is 71.4 Å². The van der Waals surface area contributed by atoms with Crippen molar-refractivity contribution in [2.45, 2.75) is 18.9 Å². The summed E-state index contributed by atoms with van der Waals surface area (Å²) in [6.07, 6.45) is 4.43. The van der Waals surface area contributed by atoms with E-state index in [1.807, 2.05) is 0 Å². The average molecular weight is 368 g/mol. The molecule has 5 rings (SSSR count). The molecule has 0 unspecified atom stereocenters. The van der Waals surface area contributed by atoms with Crippen molar-refractivity contribution in [3.05, 3.63) is 18.0 Å². The van der Waals surface area contributed by atoms with Crippen molar-refractivity contribution in [2.24, 2.45) is 0 Å². The zero-order valence-electron chi connectivity index (χ0n) is 15.5. The highest BCUT2D eigenvalue weighted by molar-refractivity contribution is 5.73. The first-order valence-electron chi connectivity index (χ1n) is 9.44. The highest BCUT2D eigenvalue weighted by Crippen LogP contribution is 2.39. The number of anilines is 3. The number of fused-ring (bicyclic) bond motifs is 1. The molecule has 2 fully saturated rings. The highest BCUT2D eigenvalue weighted by Gasteiger charge is 2.43. The number of hydrogen-bond acceptors (Lipinski definition) is 9. The first kappa shape index (κ1) is 16.6. The second-order valence-corrected chi connectivity index (χ2v) is 7.61. The maximum Gasteiger partial charge on any atom is 0.228 e. The first-order valence-corrected chi connectivity index (χ1v) is 9.44. The summed E-state index contributed by atoms with van der Waals surface area (Å²) in [6, 6.07) is 0. The minimum atomic E-state index is 0.108. The van der Waals surface area contributed by atoms with Gasteiger partial charge in [-0.15, -0.1) is 0 Å². The number of nitrogens with zero attached hydrogens (tertiary/aromatic N) is 6. The Balaban J connectivity index is 1.62. The molecule has 2 aromatic heterocycles. The SMILES string of the molecule is CC1(N2CCc3c(-c4cnc(N)nc4)nc(N4CCOCC4)nc32)CNC1. The van der Waals surface area contributed by atoms with E-state index >= 15 is 0 Å². The lowest BCUT2D eigenvalue weighted by atomic mass is 9.93. The Kier molecular flexibility index (Phi) is 3.87. The van der Waals surface area contributed by atoms with Gasteiger partial charge in [0.25, 0.3) is 0 Å². The van der Waals surface area contributed by atoms with Crippen LogP contribution in [0.1, 0.15) is 12.5 Å². The van der Waals surface area contributed by atoms with Gasteiger partial charge in [0.2, 0.25) is 11.9 Å². The van der Waals surface area contributed by atoms with Crippen LogP contribution in [-0.2, 0) is 11.2 Å². The van der Waals surface area contributed by atoms with Crippen LogP contribution in [0.15, 0.2) is 12.4 Å². The van der Waals surface area contributed by atoms with Crippen molar-refractivity contribution < 1.29 is 4.74 Å². The molecule has 142 valence electrons. The molecule has 3 aliphatic heterocycles. The molecule has 0 radical (unpaired) electrons. The topological polar surface area (TPSA) is 105 Å². The number of rotatable bonds is 3. The molecule has 2 aromatic rings. The van der Waals surface area contributed by atoms with Gasteiger partial charge in [-0.2, -0.15) is 4.98 Å². The minimum absolute atomic E-state index is 0.108. The van der Waals surface area contributed by atoms with Crippen molar-refractivity contribution in [3.8, 4) is 11.3 Å². The van der Waals surface area contributed by atoms with Gasteiger partial charge in [0, 0.05) is 56.2 Å². The van der Waals surface area contributed by atoms with Gasteiger partial charge in [-0.3, -0.25) is 0 Å². The molecule has 0 aromatic carbocycles. The maximum atomic E-state index is 5.68. The van der Waals surface area contributed by atoms with E-state index < -0.39 is 0 Å². The molecule has 3 aliphatic rings. The molecular weight excluding hydrogens is 344 g/mol. The molecule has 0 spiro atoms. The van der Waals surface area contributed by atoms with Crippen LogP contribution in [0.4, 0.5) is 17.7 Å². The lowest BCUT2D eigenvalue weighted by Gasteiger charge is -2.47. The molecule has 3 N–H and O–H groups in total. The fourth-order valence-electron chi connectivity index (χ4n) is 4.05. The summed E-state index contributed by atoms with van der Waals surface area (Å²) in [7, 11) is 0. The van der Waals surface area contributed by atoms with Crippen LogP contribution in [0.2, 0.25) is 0 Å². The summed E-state index contributed by atoms with van der Waals surface area (Å²) < 4.78 is 5.49. The Morgan fingerprint density at radius 2 is 1.85 bits per heavy atom. The van der Waals surface area contributed by atoms with Crippen LogP contribution in [0.3, 0.4) is 0 Å². The Bertz CT molecular complexity index is 845. The summed E-state index contributed by atoms with van der Waals surface area (Å²) in [5.74, 6) is 2.07. The van der Waals surface area contributed by atoms with Crippen molar-refractivity contribution >= 4 is 17.7 Å². The molecule has 27 heavy (non-hydrogen) atoms. The molecule has 2 saturated heterocycles. The molecule has 9 nitrogen and oxygen atoms in total. The van der Waals surface area contributed by atoms with E-state index in [0.29, 0.717) is 13.2 Å². The van der Waals surface area contributed by atoms with Gasteiger partial charge < -0.3 is 25.6 Å². The third-order valence-corrected chi connectivity index (χ3v) is 5.72. The summed E-state index contributed by atoms with van der Waals surface area (Å²) in [6.45, 7) is 8.20. The molecule has 0 aliphatic carbocycles. The summed E-state index contributed by atoms with van der Waals surface area (Å²) in [5.41, 5.74) is 8.76. The van der Waals surface area contributed by atoms with E-state index in [4.69, 9.17) is 20.4 Å². The van der Waals surface area contributed by atoms with E-state index in [-0.39, 0.29) is 11.5 Å². The van der Waals surface area contributed by atoms with Gasteiger partial charge in [0.05, 0.1) is 24.4 Å². The number of nitrogen functional groups attached to an aromatic ring is 1. The van der Waals surface area contributed by atoms with Gasteiger partial charge in [-0.1, -0.05) is 0 Å². The second-order valence-electron chi connectivity index (χ2n) is 7.61. The Morgan fingerprint density at radius 3 is 2.52 bits per heavy atom. The first-order chi connectivity index (χ1) is 13.1. The van der Waals surface area contributed by atoms with E-state index in [2.05, 4.69) is 32.0 Å². The summed E-state index contributed by atoms with van der Waals surface area (Å²) in [4.78, 5) is 22.9. The zero-order chi connectivity index (χ0) is 18.4. The lowest BCUT2D eigenvalue weighted by molar-refractivity contribution is 0.122. The largest absolute Gasteiger partial charge is 0.378 e. The van der Waals surface area contributed by atoms with Crippen LogP contribution in [0.25, 0.3) is 11.3 Å². The lowest BCUT2D eigenvalue weighted by Crippen LogP contribution is -2.67. The van der Waals surface area contributed by atoms with Crippen molar-refractivity contribution in [1.29, 1.82) is 0 Å². The fourth-order valence-corrected chi connectivity index (χ4v) is 4.05. The van der Waals surface area contributed by atoms with Crippen molar-refractivity contribution in [1.82, 2.24) is 25.3 Å². The number of morpholine rings is 1. The third kappa shape index (κ3) is 2.78. The van der Waals surface area contributed by atoms with Crippen LogP contribution in [0.5, 0.6) is 0 Å². The molecule has 5 heterocycles. The van der Waals surface area contributed by atoms with Crippen LogP contribution >= 0.6 is 0 Å². The Labute approximate surface area is 158 Å². The molecule has 0 saturated carbocycles. The zero-order valence-corrected chi connectivity index (χ0v) is 15.5. The van der Waals surface area contributed by atoms with Crippen LogP contribution < -0.4 is 20.9 Å². The van der Waals surface area contributed by atoms with Gasteiger partial charge >= 0.3 is 0 Å². The summed E-state index contributed by atoms with van der Waals surface area (Å²) >= 11 is 0. The molecule has 9 heteroatoms. The smallest absolute Gasteiger partial charge is 0.228 e. The Morgan fingerprint density at radius 1 is 1.11 bits per heavy atom. The maximum absolute atomic E-state index is 5.68. The minimum Gasteiger partial charge on any atom is -0.378 e. The van der Waals surface area contributed by atoms with E-state index in [9.17, 15) is 0 Å². The molecule has 0 atom stereocenters. The van der Waals surface area contributed by atoms with Gasteiger partial charge in [-0.25, -0.2) is 15.0 Å². The third-order valence-electron chi connectivity index (χ3n) is 5.72. The number of aromatic nitrogens is 4. The standard InChI is InChI=1S/C18H24N8O/c1-18(10-20-11-18)26-3-2-13-14(12-8-21-16(19)22-9-12)23-17(24-15(13)26)25-4-6-27-7-5-25/h8-9,20H,2-7,10-11H2,1H3,(H2,19,21,22). The monoisotopic (exact) mass is 368 g/mol. The fraction of sp³-hybridized carbons (Fsp3) is 0.556. The Hall–Kier alpha value is -2.52. The van der Waals surface area contributed by atoms with E-state index in [1.54, 1.807) is 12.4 Å². The van der Waals surface area contributed by atoms with Gasteiger partial charge in [-0.05, 0) is 13.3 Å². The number of nitrogens with one attached hydrogen (secondary N) is 1. The number of ether oxygens (including phenoxy) is 1. The predicted octanol–water partition coefficient (Wildman–Crippen LogP) is 0.0768. The molecular formula is C18H24N8O. The van der Waals surface area contributed by atoms with Crippen molar-refractivity contribution in [3.63, 3.8) is 0 Å². The average Bonchev–Trinajstić information content (AvgIpc) is 3.11. The number of nitrogens with two attached hydrogens (primary N) is 1. The molecule has 0 amide bonds. The molecule has 0 bridgehead atoms.